The van der Waals surface area contributed by atoms with Crippen LogP contribution < -0.4 is 0 Å². The van der Waals surface area contributed by atoms with Crippen molar-refractivity contribution in [1.82, 2.24) is 4.90 Å². The van der Waals surface area contributed by atoms with Crippen LogP contribution in [0.25, 0.3) is 0 Å². The summed E-state index contributed by atoms with van der Waals surface area (Å²) in [6.45, 7) is 3.85. The molecule has 2 fully saturated rings. The summed E-state index contributed by atoms with van der Waals surface area (Å²) in [5, 5.41) is 0. The van der Waals surface area contributed by atoms with E-state index in [4.69, 9.17) is 6.42 Å². The number of carbonyl (C=O) groups excluding carboxylic acids is 2. The number of nitrogens with zero attached hydrogens (tertiary/aromatic N) is 1. The van der Waals surface area contributed by atoms with Gasteiger partial charge in [0.2, 0.25) is 11.8 Å². The van der Waals surface area contributed by atoms with Crippen LogP contribution in [-0.2, 0) is 9.59 Å². The molecule has 0 aromatic carbocycles. The van der Waals surface area contributed by atoms with E-state index in [0.29, 0.717) is 0 Å². The first-order valence-electron chi connectivity index (χ1n) is 4.91. The molecule has 3 heteroatoms. The fourth-order valence-electron chi connectivity index (χ4n) is 2.05. The quantitative estimate of drug-likeness (QED) is 0.474. The van der Waals surface area contributed by atoms with E-state index in [1.807, 2.05) is 13.8 Å². The van der Waals surface area contributed by atoms with E-state index in [9.17, 15) is 9.59 Å². The molecule has 14 heavy (non-hydrogen) atoms. The lowest BCUT2D eigenvalue weighted by Gasteiger charge is -2.26. The highest BCUT2D eigenvalue weighted by Crippen LogP contribution is 2.48. The minimum absolute atomic E-state index is 0.0444. The molecule has 0 radical (unpaired) electrons. The van der Waals surface area contributed by atoms with Crippen LogP contribution in [-0.4, -0.2) is 22.8 Å². The van der Waals surface area contributed by atoms with E-state index in [2.05, 4.69) is 5.92 Å². The molecule has 2 aliphatic rings. The number of fused-ring (bicyclic) bond motifs is 1. The molecule has 3 atom stereocenters. The number of imide groups is 1. The maximum atomic E-state index is 11.7. The van der Waals surface area contributed by atoms with Gasteiger partial charge < -0.3 is 0 Å². The average Bonchev–Trinajstić information content (AvgIpc) is 2.85. The third-order valence-electron chi connectivity index (χ3n) is 2.98. The SMILES string of the molecule is C#CC(C(C)C)N1C(=O)C2CC2C1=O. The third-order valence-corrected chi connectivity index (χ3v) is 2.98. The first-order chi connectivity index (χ1) is 6.57. The van der Waals surface area contributed by atoms with Crippen molar-refractivity contribution in [3.63, 3.8) is 0 Å². The van der Waals surface area contributed by atoms with Crippen LogP contribution in [0.1, 0.15) is 20.3 Å². The molecule has 1 aliphatic heterocycles. The number of piperidine rings is 1. The van der Waals surface area contributed by atoms with E-state index < -0.39 is 0 Å². The van der Waals surface area contributed by atoms with E-state index in [1.165, 1.54) is 4.90 Å². The second kappa shape index (κ2) is 2.84. The maximum Gasteiger partial charge on any atom is 0.234 e. The van der Waals surface area contributed by atoms with Crippen molar-refractivity contribution in [3.05, 3.63) is 0 Å². The standard InChI is InChI=1S/C11H13NO2/c1-4-9(6(2)3)12-10(13)7-5-8(7)11(12)14/h1,6-9H,5H2,2-3H3. The molecule has 0 aromatic rings. The van der Waals surface area contributed by atoms with Gasteiger partial charge in [-0.1, -0.05) is 19.8 Å². The zero-order valence-electron chi connectivity index (χ0n) is 8.36. The second-order valence-electron chi connectivity index (χ2n) is 4.35. The predicted molar refractivity (Wildman–Crippen MR) is 50.9 cm³/mol. The first-order valence-corrected chi connectivity index (χ1v) is 4.91. The highest BCUT2D eigenvalue weighted by atomic mass is 16.2. The topological polar surface area (TPSA) is 37.4 Å². The van der Waals surface area contributed by atoms with E-state index in [0.717, 1.165) is 6.42 Å². The van der Waals surface area contributed by atoms with E-state index >= 15 is 0 Å². The Morgan fingerprint density at radius 1 is 1.36 bits per heavy atom. The van der Waals surface area contributed by atoms with Gasteiger partial charge in [-0.15, -0.1) is 6.42 Å². The number of likely N-dealkylation sites (tertiary alicyclic amines) is 1. The largest absolute Gasteiger partial charge is 0.274 e. The number of hydrogen-bond acceptors (Lipinski definition) is 2. The Morgan fingerprint density at radius 2 is 1.86 bits per heavy atom. The van der Waals surface area contributed by atoms with Crippen LogP contribution in [0.15, 0.2) is 0 Å². The van der Waals surface area contributed by atoms with Gasteiger partial charge in [0, 0.05) is 0 Å². The molecule has 2 amide bonds. The van der Waals surface area contributed by atoms with E-state index in [1.54, 1.807) is 0 Å². The molecule has 1 saturated carbocycles. The Bertz CT molecular complexity index is 320. The average molecular weight is 191 g/mol. The molecular formula is C11H13NO2. The molecule has 2 rings (SSSR count). The van der Waals surface area contributed by atoms with Crippen molar-refractivity contribution in [3.8, 4) is 12.3 Å². The number of hydrogen-bond donors (Lipinski definition) is 0. The minimum Gasteiger partial charge on any atom is -0.274 e. The van der Waals surface area contributed by atoms with Gasteiger partial charge in [0.05, 0.1) is 11.8 Å². The molecule has 1 aliphatic carbocycles. The molecule has 0 bridgehead atoms. The Labute approximate surface area is 83.5 Å². The van der Waals surface area contributed by atoms with Crippen molar-refractivity contribution in [2.24, 2.45) is 17.8 Å². The van der Waals surface area contributed by atoms with Gasteiger partial charge in [0.1, 0.15) is 6.04 Å². The summed E-state index contributed by atoms with van der Waals surface area (Å²) in [4.78, 5) is 24.6. The smallest absolute Gasteiger partial charge is 0.234 e. The van der Waals surface area contributed by atoms with Crippen molar-refractivity contribution in [2.75, 3.05) is 0 Å². The van der Waals surface area contributed by atoms with E-state index in [-0.39, 0.29) is 35.6 Å². The maximum absolute atomic E-state index is 11.7. The molecule has 1 heterocycles. The highest BCUT2D eigenvalue weighted by molar-refractivity contribution is 6.09. The summed E-state index contributed by atoms with van der Waals surface area (Å²) < 4.78 is 0. The Morgan fingerprint density at radius 3 is 2.21 bits per heavy atom. The Hall–Kier alpha value is -1.30. The number of rotatable bonds is 2. The summed E-state index contributed by atoms with van der Waals surface area (Å²) >= 11 is 0. The monoisotopic (exact) mass is 191 g/mol. The minimum atomic E-state index is -0.359. The van der Waals surface area contributed by atoms with Crippen molar-refractivity contribution >= 4 is 11.8 Å². The zero-order chi connectivity index (χ0) is 10.5. The van der Waals surface area contributed by atoms with Crippen LogP contribution in [0, 0.1) is 30.1 Å². The summed E-state index contributed by atoms with van der Waals surface area (Å²) in [6.07, 6.45) is 6.08. The van der Waals surface area contributed by atoms with Crippen molar-refractivity contribution in [1.29, 1.82) is 0 Å². The van der Waals surface area contributed by atoms with Crippen LogP contribution in [0.5, 0.6) is 0 Å². The molecular weight excluding hydrogens is 178 g/mol. The van der Waals surface area contributed by atoms with Crippen molar-refractivity contribution < 1.29 is 9.59 Å². The van der Waals surface area contributed by atoms with Gasteiger partial charge >= 0.3 is 0 Å². The number of terminal acetylenes is 1. The van der Waals surface area contributed by atoms with Crippen molar-refractivity contribution in [2.45, 2.75) is 26.3 Å². The normalized spacial score (nSPS) is 31.7. The fraction of sp³-hybridized carbons (Fsp3) is 0.636. The lowest BCUT2D eigenvalue weighted by molar-refractivity contribution is -0.143. The highest BCUT2D eigenvalue weighted by Gasteiger charge is 2.60. The van der Waals surface area contributed by atoms with Gasteiger partial charge in [-0.25, -0.2) is 0 Å². The van der Waals surface area contributed by atoms with Gasteiger partial charge in [0.25, 0.3) is 0 Å². The summed E-state index contributed by atoms with van der Waals surface area (Å²) in [7, 11) is 0. The molecule has 0 spiro atoms. The molecule has 74 valence electrons. The van der Waals surface area contributed by atoms with Crippen LogP contribution in [0.4, 0.5) is 0 Å². The van der Waals surface area contributed by atoms with Gasteiger partial charge in [-0.05, 0) is 12.3 Å². The summed E-state index contributed by atoms with van der Waals surface area (Å²) in [5.41, 5.74) is 0. The Kier molecular flexibility index (Phi) is 1.88. The summed E-state index contributed by atoms with van der Waals surface area (Å²) in [5.74, 6) is 2.45. The van der Waals surface area contributed by atoms with Gasteiger partial charge in [-0.2, -0.15) is 0 Å². The molecule has 1 saturated heterocycles. The molecule has 3 unspecified atom stereocenters. The lowest BCUT2D eigenvalue weighted by atomic mass is 10.0. The fourth-order valence-corrected chi connectivity index (χ4v) is 2.05. The number of carbonyl (C=O) groups is 2. The van der Waals surface area contributed by atoms with Crippen LogP contribution >= 0.6 is 0 Å². The number of amides is 2. The zero-order valence-corrected chi connectivity index (χ0v) is 8.36. The predicted octanol–water partition coefficient (Wildman–Crippen LogP) is 0.649. The molecule has 0 N–H and O–H groups in total. The lowest BCUT2D eigenvalue weighted by Crippen LogP contribution is -2.43. The third kappa shape index (κ3) is 1.07. The first kappa shape index (κ1) is 9.26. The van der Waals surface area contributed by atoms with Gasteiger partial charge in [0.15, 0.2) is 0 Å². The summed E-state index contributed by atoms with van der Waals surface area (Å²) in [6, 6.07) is -0.359. The molecule has 3 nitrogen and oxygen atoms in total. The second-order valence-corrected chi connectivity index (χ2v) is 4.35. The Balaban J connectivity index is 2.23. The van der Waals surface area contributed by atoms with Crippen LogP contribution in [0.2, 0.25) is 0 Å². The molecule has 0 aromatic heterocycles. The van der Waals surface area contributed by atoms with Gasteiger partial charge in [-0.3, -0.25) is 14.5 Å². The van der Waals surface area contributed by atoms with Crippen LogP contribution in [0.3, 0.4) is 0 Å².